The van der Waals surface area contributed by atoms with Gasteiger partial charge in [0.1, 0.15) is 0 Å². The number of ether oxygens (including phenoxy) is 1. The quantitative estimate of drug-likeness (QED) is 0.458. The summed E-state index contributed by atoms with van der Waals surface area (Å²) in [5.41, 5.74) is 0.357. The van der Waals surface area contributed by atoms with Crippen LogP contribution in [0.15, 0.2) is 22.5 Å². The van der Waals surface area contributed by atoms with Gasteiger partial charge in [0.05, 0.1) is 22.4 Å². The lowest BCUT2D eigenvalue weighted by Crippen LogP contribution is -2.11. The van der Waals surface area contributed by atoms with E-state index in [2.05, 4.69) is 15.5 Å². The van der Waals surface area contributed by atoms with Crippen molar-refractivity contribution in [2.45, 2.75) is 11.3 Å². The first-order chi connectivity index (χ1) is 11.0. The Labute approximate surface area is 150 Å². The van der Waals surface area contributed by atoms with Crippen molar-refractivity contribution in [1.82, 2.24) is 10.2 Å². The third kappa shape index (κ3) is 5.35. The number of aromatic nitrogens is 2. The first-order valence-corrected chi connectivity index (χ1v) is 8.93. The van der Waals surface area contributed by atoms with Crippen molar-refractivity contribution in [3.05, 3.63) is 33.8 Å². The van der Waals surface area contributed by atoms with E-state index in [0.717, 1.165) is 0 Å². The van der Waals surface area contributed by atoms with Gasteiger partial charge in [-0.25, -0.2) is 0 Å². The highest BCUT2D eigenvalue weighted by Gasteiger charge is 2.13. The number of benzene rings is 1. The number of nitrogens with zero attached hydrogens (tertiary/aromatic N) is 2. The molecule has 0 atom stereocenters. The minimum atomic E-state index is -0.373. The van der Waals surface area contributed by atoms with E-state index in [1.807, 2.05) is 0 Å². The van der Waals surface area contributed by atoms with E-state index >= 15 is 0 Å². The zero-order valence-corrected chi connectivity index (χ0v) is 15.0. The van der Waals surface area contributed by atoms with Crippen LogP contribution in [0.3, 0.4) is 0 Å². The molecule has 2 aromatic rings. The summed E-state index contributed by atoms with van der Waals surface area (Å²) in [6.07, 6.45) is 0. The number of amides is 1. The van der Waals surface area contributed by atoms with Crippen LogP contribution in [0.2, 0.25) is 10.0 Å². The van der Waals surface area contributed by atoms with Gasteiger partial charge >= 0.3 is 5.97 Å². The molecule has 0 spiro atoms. The minimum absolute atomic E-state index is 0.142. The van der Waals surface area contributed by atoms with Crippen molar-refractivity contribution in [2.75, 3.05) is 17.7 Å². The van der Waals surface area contributed by atoms with Gasteiger partial charge in [0.25, 0.3) is 5.91 Å². The van der Waals surface area contributed by atoms with E-state index < -0.39 is 0 Å². The van der Waals surface area contributed by atoms with Gasteiger partial charge < -0.3 is 4.74 Å². The van der Waals surface area contributed by atoms with Crippen LogP contribution < -0.4 is 5.32 Å². The molecule has 0 bridgehead atoms. The topological polar surface area (TPSA) is 81.2 Å². The fourth-order valence-corrected chi connectivity index (χ4v) is 3.29. The van der Waals surface area contributed by atoms with Crippen LogP contribution >= 0.6 is 46.3 Å². The van der Waals surface area contributed by atoms with Gasteiger partial charge in [-0.3, -0.25) is 14.9 Å². The lowest BCUT2D eigenvalue weighted by atomic mass is 10.2. The number of hydrogen-bond donors (Lipinski definition) is 1. The molecule has 0 aliphatic carbocycles. The largest absolute Gasteiger partial charge is 0.465 e. The SMILES string of the molecule is CCOC(=O)CSc1nnc(NC(=O)c2ccc(Cl)c(Cl)c2)s1. The Morgan fingerprint density at radius 1 is 1.30 bits per heavy atom. The number of anilines is 1. The van der Waals surface area contributed by atoms with Crippen molar-refractivity contribution in [3.63, 3.8) is 0 Å². The molecule has 1 aromatic heterocycles. The Balaban J connectivity index is 1.94. The van der Waals surface area contributed by atoms with E-state index in [0.29, 0.717) is 31.7 Å². The highest BCUT2D eigenvalue weighted by atomic mass is 35.5. The molecule has 0 saturated heterocycles. The Bertz CT molecular complexity index is 724. The molecule has 0 saturated carbocycles. The summed E-state index contributed by atoms with van der Waals surface area (Å²) in [7, 11) is 0. The summed E-state index contributed by atoms with van der Waals surface area (Å²) >= 11 is 14.0. The number of halogens is 2. The predicted octanol–water partition coefficient (Wildman–Crippen LogP) is 3.75. The monoisotopic (exact) mass is 391 g/mol. The van der Waals surface area contributed by atoms with Crippen molar-refractivity contribution >= 4 is 63.3 Å². The maximum atomic E-state index is 12.1. The maximum absolute atomic E-state index is 12.1. The number of thioether (sulfide) groups is 1. The highest BCUT2D eigenvalue weighted by molar-refractivity contribution is 8.01. The summed E-state index contributed by atoms with van der Waals surface area (Å²) in [4.78, 5) is 23.3. The van der Waals surface area contributed by atoms with Gasteiger partial charge in [0.15, 0.2) is 4.34 Å². The summed E-state index contributed by atoms with van der Waals surface area (Å²) in [6.45, 7) is 2.07. The molecule has 0 fully saturated rings. The molecule has 0 unspecified atom stereocenters. The van der Waals surface area contributed by atoms with Crippen LogP contribution in [-0.2, 0) is 9.53 Å². The average Bonchev–Trinajstić information content (AvgIpc) is 2.95. The Hall–Kier alpha value is -1.35. The van der Waals surface area contributed by atoms with Crippen LogP contribution in [0.1, 0.15) is 17.3 Å². The molecule has 1 heterocycles. The minimum Gasteiger partial charge on any atom is -0.465 e. The van der Waals surface area contributed by atoms with Crippen molar-refractivity contribution < 1.29 is 14.3 Å². The molecule has 1 amide bonds. The zero-order valence-electron chi connectivity index (χ0n) is 11.8. The second-order valence-electron chi connectivity index (χ2n) is 4.05. The predicted molar refractivity (Wildman–Crippen MR) is 91.7 cm³/mol. The Kier molecular flexibility index (Phi) is 6.64. The van der Waals surface area contributed by atoms with Crippen molar-refractivity contribution in [2.24, 2.45) is 0 Å². The fraction of sp³-hybridized carbons (Fsp3) is 0.231. The summed E-state index contributed by atoms with van der Waals surface area (Å²) in [5, 5.41) is 11.3. The molecule has 0 radical (unpaired) electrons. The summed E-state index contributed by atoms with van der Waals surface area (Å²) < 4.78 is 5.38. The van der Waals surface area contributed by atoms with E-state index in [4.69, 9.17) is 27.9 Å². The molecule has 1 aromatic carbocycles. The second-order valence-corrected chi connectivity index (χ2v) is 7.06. The zero-order chi connectivity index (χ0) is 16.8. The smallest absolute Gasteiger partial charge is 0.316 e. The van der Waals surface area contributed by atoms with Crippen LogP contribution in [0, 0.1) is 0 Å². The first-order valence-electron chi connectivity index (χ1n) is 6.38. The average molecular weight is 392 g/mol. The maximum Gasteiger partial charge on any atom is 0.316 e. The highest BCUT2D eigenvalue weighted by Crippen LogP contribution is 2.27. The number of carbonyl (C=O) groups excluding carboxylic acids is 2. The number of rotatable bonds is 6. The van der Waals surface area contributed by atoms with Gasteiger partial charge in [-0.05, 0) is 25.1 Å². The molecule has 0 aliphatic heterocycles. The standard InChI is InChI=1S/C13H11Cl2N3O3S2/c1-2-21-10(19)6-22-13-18-17-12(23-13)16-11(20)7-3-4-8(14)9(15)5-7/h3-5H,2,6H2,1H3,(H,16,17,20). The van der Waals surface area contributed by atoms with Crippen LogP contribution in [0.4, 0.5) is 5.13 Å². The molecule has 10 heteroatoms. The van der Waals surface area contributed by atoms with E-state index in [9.17, 15) is 9.59 Å². The lowest BCUT2D eigenvalue weighted by Gasteiger charge is -2.02. The third-order valence-corrected chi connectivity index (χ3v) is 5.11. The molecule has 6 nitrogen and oxygen atoms in total. The summed E-state index contributed by atoms with van der Waals surface area (Å²) in [5.74, 6) is -0.556. The number of nitrogens with one attached hydrogen (secondary N) is 1. The molecule has 0 aliphatic rings. The Morgan fingerprint density at radius 2 is 2.09 bits per heavy atom. The molecule has 23 heavy (non-hydrogen) atoms. The molecular formula is C13H11Cl2N3O3S2. The summed E-state index contributed by atoms with van der Waals surface area (Å²) in [6, 6.07) is 4.57. The van der Waals surface area contributed by atoms with Gasteiger partial charge in [0.2, 0.25) is 5.13 Å². The van der Waals surface area contributed by atoms with Gasteiger partial charge in [-0.2, -0.15) is 0 Å². The van der Waals surface area contributed by atoms with Crippen molar-refractivity contribution in [1.29, 1.82) is 0 Å². The second kappa shape index (κ2) is 8.49. The van der Waals surface area contributed by atoms with E-state index in [1.54, 1.807) is 19.1 Å². The van der Waals surface area contributed by atoms with Crippen LogP contribution in [0.25, 0.3) is 0 Å². The van der Waals surface area contributed by atoms with E-state index in [1.165, 1.54) is 29.2 Å². The van der Waals surface area contributed by atoms with Crippen LogP contribution in [0.5, 0.6) is 0 Å². The number of esters is 1. The lowest BCUT2D eigenvalue weighted by molar-refractivity contribution is -0.139. The molecule has 122 valence electrons. The fourth-order valence-electron chi connectivity index (χ4n) is 1.45. The molecule has 2 rings (SSSR count). The number of hydrogen-bond acceptors (Lipinski definition) is 7. The van der Waals surface area contributed by atoms with Crippen LogP contribution in [-0.4, -0.2) is 34.4 Å². The number of carbonyl (C=O) groups is 2. The third-order valence-electron chi connectivity index (χ3n) is 2.43. The molecule has 1 N–H and O–H groups in total. The van der Waals surface area contributed by atoms with Gasteiger partial charge in [-0.1, -0.05) is 46.3 Å². The first kappa shape index (κ1) is 18.0. The Morgan fingerprint density at radius 3 is 2.78 bits per heavy atom. The van der Waals surface area contributed by atoms with E-state index in [-0.39, 0.29) is 17.6 Å². The van der Waals surface area contributed by atoms with Crippen molar-refractivity contribution in [3.8, 4) is 0 Å². The normalized spacial score (nSPS) is 10.4. The van der Waals surface area contributed by atoms with Gasteiger partial charge in [-0.15, -0.1) is 10.2 Å². The molecular weight excluding hydrogens is 381 g/mol. The van der Waals surface area contributed by atoms with Gasteiger partial charge in [0, 0.05) is 5.56 Å².